The molecule has 0 spiro atoms. The lowest BCUT2D eigenvalue weighted by Crippen LogP contribution is -2.45. The Kier molecular flexibility index (Phi) is 7.13. The van der Waals surface area contributed by atoms with E-state index < -0.39 is 0 Å². The summed E-state index contributed by atoms with van der Waals surface area (Å²) in [5.41, 5.74) is 2.62. The van der Waals surface area contributed by atoms with Crippen LogP contribution in [-0.2, 0) is 17.8 Å². The number of ether oxygens (including phenoxy) is 1. The molecule has 0 aromatic heterocycles. The molecule has 2 N–H and O–H groups in total. The summed E-state index contributed by atoms with van der Waals surface area (Å²) in [4.78, 5) is 6.90. The van der Waals surface area contributed by atoms with Crippen LogP contribution in [0, 0.1) is 5.92 Å². The van der Waals surface area contributed by atoms with E-state index in [-0.39, 0.29) is 5.60 Å². The molecule has 2 fully saturated rings. The van der Waals surface area contributed by atoms with Crippen LogP contribution in [0.15, 0.2) is 29.3 Å². The summed E-state index contributed by atoms with van der Waals surface area (Å²) in [5.74, 6) is 1.72. The molecule has 2 heterocycles. The number of nitrogens with one attached hydrogen (secondary N) is 2. The minimum absolute atomic E-state index is 0.0640. The molecule has 2 saturated heterocycles. The summed E-state index contributed by atoms with van der Waals surface area (Å²) in [5, 5.41) is 6.80. The smallest absolute Gasteiger partial charge is 0.191 e. The molecular weight excluding hydrogens is 336 g/mol. The largest absolute Gasteiger partial charge is 0.373 e. The SMILES string of the molecule is CN=C(NCc1ccc(CN2CCC(C)CC2)cc1)NCC1(C)CCCO1. The zero-order valence-corrected chi connectivity index (χ0v) is 17.3. The van der Waals surface area contributed by atoms with Gasteiger partial charge in [-0.2, -0.15) is 0 Å². The monoisotopic (exact) mass is 372 g/mol. The van der Waals surface area contributed by atoms with Gasteiger partial charge in [0.15, 0.2) is 5.96 Å². The quantitative estimate of drug-likeness (QED) is 0.595. The van der Waals surface area contributed by atoms with Gasteiger partial charge in [0.1, 0.15) is 0 Å². The van der Waals surface area contributed by atoms with Crippen LogP contribution in [0.1, 0.15) is 50.7 Å². The molecule has 2 aliphatic rings. The minimum Gasteiger partial charge on any atom is -0.373 e. The normalized spacial score (nSPS) is 24.9. The Morgan fingerprint density at radius 3 is 2.52 bits per heavy atom. The molecule has 150 valence electrons. The maximum absolute atomic E-state index is 5.83. The minimum atomic E-state index is -0.0640. The van der Waals surface area contributed by atoms with Gasteiger partial charge in [-0.1, -0.05) is 31.2 Å². The first kappa shape index (κ1) is 20.2. The van der Waals surface area contributed by atoms with Gasteiger partial charge in [-0.3, -0.25) is 9.89 Å². The highest BCUT2D eigenvalue weighted by Gasteiger charge is 2.29. The van der Waals surface area contributed by atoms with Gasteiger partial charge >= 0.3 is 0 Å². The molecule has 1 aromatic rings. The molecule has 1 unspecified atom stereocenters. The molecule has 1 aromatic carbocycles. The van der Waals surface area contributed by atoms with Gasteiger partial charge in [0, 0.05) is 33.3 Å². The molecule has 5 nitrogen and oxygen atoms in total. The molecule has 3 rings (SSSR count). The zero-order chi connectivity index (χ0) is 19.1. The number of guanidine groups is 1. The van der Waals surface area contributed by atoms with Crippen LogP contribution in [0.5, 0.6) is 0 Å². The van der Waals surface area contributed by atoms with Crippen molar-refractivity contribution in [2.45, 2.75) is 58.2 Å². The number of likely N-dealkylation sites (tertiary alicyclic amines) is 1. The molecule has 0 radical (unpaired) electrons. The van der Waals surface area contributed by atoms with E-state index in [0.29, 0.717) is 0 Å². The predicted octanol–water partition coefficient (Wildman–Crippen LogP) is 3.15. The van der Waals surface area contributed by atoms with Crippen molar-refractivity contribution in [3.05, 3.63) is 35.4 Å². The lowest BCUT2D eigenvalue weighted by Gasteiger charge is -2.30. The summed E-state index contributed by atoms with van der Waals surface area (Å²) < 4.78 is 5.83. The molecule has 1 atom stereocenters. The average Bonchev–Trinajstić information content (AvgIpc) is 3.12. The van der Waals surface area contributed by atoms with Gasteiger partial charge in [-0.25, -0.2) is 0 Å². The fraction of sp³-hybridized carbons (Fsp3) is 0.682. The Morgan fingerprint density at radius 1 is 1.19 bits per heavy atom. The standard InChI is InChI=1S/C22H36N4O/c1-18-9-12-26(13-10-18)16-20-7-5-19(6-8-20)15-24-21(23-3)25-17-22(2)11-4-14-27-22/h5-8,18H,4,9-17H2,1-3H3,(H2,23,24,25). The average molecular weight is 373 g/mol. The molecule has 0 aliphatic carbocycles. The van der Waals surface area contributed by atoms with Crippen molar-refractivity contribution in [3.8, 4) is 0 Å². The van der Waals surface area contributed by atoms with E-state index in [1.165, 1.54) is 37.1 Å². The van der Waals surface area contributed by atoms with E-state index in [0.717, 1.165) is 51.0 Å². The summed E-state index contributed by atoms with van der Waals surface area (Å²) in [6, 6.07) is 8.98. The van der Waals surface area contributed by atoms with Crippen LogP contribution in [-0.4, -0.2) is 49.7 Å². The van der Waals surface area contributed by atoms with Gasteiger partial charge < -0.3 is 15.4 Å². The van der Waals surface area contributed by atoms with Crippen molar-refractivity contribution in [2.75, 3.05) is 33.3 Å². The van der Waals surface area contributed by atoms with Crippen LogP contribution in [0.3, 0.4) is 0 Å². The Hall–Kier alpha value is -1.59. The molecule has 0 saturated carbocycles. The second kappa shape index (κ2) is 9.56. The van der Waals surface area contributed by atoms with E-state index >= 15 is 0 Å². The maximum atomic E-state index is 5.83. The van der Waals surface area contributed by atoms with Crippen LogP contribution in [0.4, 0.5) is 0 Å². The van der Waals surface area contributed by atoms with E-state index in [4.69, 9.17) is 4.74 Å². The Labute approximate surface area is 164 Å². The van der Waals surface area contributed by atoms with Gasteiger partial charge in [0.2, 0.25) is 0 Å². The van der Waals surface area contributed by atoms with E-state index in [1.54, 1.807) is 0 Å². The van der Waals surface area contributed by atoms with E-state index in [9.17, 15) is 0 Å². The van der Waals surface area contributed by atoms with Crippen molar-refractivity contribution in [3.63, 3.8) is 0 Å². The topological polar surface area (TPSA) is 48.9 Å². The highest BCUT2D eigenvalue weighted by atomic mass is 16.5. The number of rotatable bonds is 6. The lowest BCUT2D eigenvalue weighted by atomic mass is 9.99. The van der Waals surface area contributed by atoms with Crippen molar-refractivity contribution < 1.29 is 4.74 Å². The van der Waals surface area contributed by atoms with Crippen molar-refractivity contribution in [1.29, 1.82) is 0 Å². The summed E-state index contributed by atoms with van der Waals surface area (Å²) in [6.07, 6.45) is 4.91. The molecule has 2 aliphatic heterocycles. The molecule has 0 bridgehead atoms. The predicted molar refractivity (Wildman–Crippen MR) is 112 cm³/mol. The van der Waals surface area contributed by atoms with E-state index in [1.807, 2.05) is 7.05 Å². The molecule has 0 amide bonds. The summed E-state index contributed by atoms with van der Waals surface area (Å²) in [6.45, 7) is 10.5. The second-order valence-electron chi connectivity index (χ2n) is 8.46. The van der Waals surface area contributed by atoms with Crippen LogP contribution < -0.4 is 10.6 Å². The number of hydrogen-bond acceptors (Lipinski definition) is 3. The first-order valence-corrected chi connectivity index (χ1v) is 10.4. The summed E-state index contributed by atoms with van der Waals surface area (Å²) >= 11 is 0. The number of benzene rings is 1. The van der Waals surface area contributed by atoms with Gasteiger partial charge in [-0.05, 0) is 62.7 Å². The molecule has 27 heavy (non-hydrogen) atoms. The third-order valence-corrected chi connectivity index (χ3v) is 5.92. The molecule has 5 heteroatoms. The van der Waals surface area contributed by atoms with Crippen LogP contribution in [0.25, 0.3) is 0 Å². The first-order chi connectivity index (χ1) is 13.1. The fourth-order valence-electron chi connectivity index (χ4n) is 3.89. The number of hydrogen-bond donors (Lipinski definition) is 2. The van der Waals surface area contributed by atoms with Crippen LogP contribution >= 0.6 is 0 Å². The molecular formula is C22H36N4O. The zero-order valence-electron chi connectivity index (χ0n) is 17.3. The van der Waals surface area contributed by atoms with E-state index in [2.05, 4.69) is 58.6 Å². The lowest BCUT2D eigenvalue weighted by molar-refractivity contribution is 0.0243. The number of piperidine rings is 1. The highest BCUT2D eigenvalue weighted by Crippen LogP contribution is 2.23. The van der Waals surface area contributed by atoms with Gasteiger partial charge in [0.25, 0.3) is 0 Å². The van der Waals surface area contributed by atoms with Crippen molar-refractivity contribution in [1.82, 2.24) is 15.5 Å². The second-order valence-corrected chi connectivity index (χ2v) is 8.46. The Balaban J connectivity index is 1.42. The van der Waals surface area contributed by atoms with Gasteiger partial charge in [0.05, 0.1) is 5.60 Å². The Bertz CT molecular complexity index is 599. The fourth-order valence-corrected chi connectivity index (χ4v) is 3.89. The third-order valence-electron chi connectivity index (χ3n) is 5.92. The third kappa shape index (κ3) is 6.22. The van der Waals surface area contributed by atoms with Crippen LogP contribution in [0.2, 0.25) is 0 Å². The summed E-state index contributed by atoms with van der Waals surface area (Å²) in [7, 11) is 1.82. The maximum Gasteiger partial charge on any atom is 0.191 e. The Morgan fingerprint density at radius 2 is 1.89 bits per heavy atom. The van der Waals surface area contributed by atoms with Crippen molar-refractivity contribution >= 4 is 5.96 Å². The number of nitrogens with zero attached hydrogens (tertiary/aromatic N) is 2. The number of aliphatic imine (C=N–C) groups is 1. The van der Waals surface area contributed by atoms with Crippen molar-refractivity contribution in [2.24, 2.45) is 10.9 Å². The van der Waals surface area contributed by atoms with Gasteiger partial charge in [-0.15, -0.1) is 0 Å². The first-order valence-electron chi connectivity index (χ1n) is 10.4. The highest BCUT2D eigenvalue weighted by molar-refractivity contribution is 5.79.